The second-order valence-corrected chi connectivity index (χ2v) is 5.57. The number of carbonyl (C=O) groups excluding carboxylic acids is 1. The van der Waals surface area contributed by atoms with Gasteiger partial charge in [-0.25, -0.2) is 4.79 Å². The largest absolute Gasteiger partial charge is 0.483 e. The Kier molecular flexibility index (Phi) is 4.53. The van der Waals surface area contributed by atoms with Crippen molar-refractivity contribution in [1.29, 1.82) is 0 Å². The third-order valence-electron chi connectivity index (χ3n) is 3.03. The van der Waals surface area contributed by atoms with Crippen LogP contribution in [0.1, 0.15) is 20.8 Å². The summed E-state index contributed by atoms with van der Waals surface area (Å²) < 4.78 is 10.9. The number of hydrogen-bond acceptors (Lipinski definition) is 4. The Morgan fingerprint density at radius 1 is 1.37 bits per heavy atom. The lowest BCUT2D eigenvalue weighted by atomic mass is 10.0. The molecule has 0 fully saturated rings. The van der Waals surface area contributed by atoms with E-state index in [9.17, 15) is 4.79 Å². The van der Waals surface area contributed by atoms with E-state index in [-0.39, 0.29) is 17.3 Å². The van der Waals surface area contributed by atoms with E-state index < -0.39 is 0 Å². The van der Waals surface area contributed by atoms with Crippen LogP contribution in [0, 0.1) is 5.92 Å². The summed E-state index contributed by atoms with van der Waals surface area (Å²) in [6, 6.07) is 10.1. The average molecular weight is 278 g/mol. The van der Waals surface area contributed by atoms with Gasteiger partial charge in [-0.2, -0.15) is 0 Å². The summed E-state index contributed by atoms with van der Waals surface area (Å²) in [5.41, 5.74) is 0.595. The highest BCUT2D eigenvalue weighted by molar-refractivity contribution is 7.99. The van der Waals surface area contributed by atoms with Gasteiger partial charge in [0.15, 0.2) is 5.44 Å². The van der Waals surface area contributed by atoms with E-state index in [0.29, 0.717) is 17.9 Å². The molecule has 0 aliphatic carbocycles. The minimum Gasteiger partial charge on any atom is -0.483 e. The number of rotatable bonds is 4. The second-order valence-electron chi connectivity index (χ2n) is 4.40. The predicted molar refractivity (Wildman–Crippen MR) is 75.7 cm³/mol. The van der Waals surface area contributed by atoms with E-state index in [4.69, 9.17) is 9.47 Å². The Balaban J connectivity index is 2.07. The molecule has 3 nitrogen and oxygen atoms in total. The van der Waals surface area contributed by atoms with Gasteiger partial charge in [0.2, 0.25) is 0 Å². The van der Waals surface area contributed by atoms with Crippen LogP contribution < -0.4 is 0 Å². The maximum Gasteiger partial charge on any atom is 0.337 e. The first-order chi connectivity index (χ1) is 9.13. The molecule has 1 heterocycles. The normalized spacial score (nSPS) is 22.3. The fraction of sp³-hybridized carbons (Fsp3) is 0.400. The van der Waals surface area contributed by atoms with Gasteiger partial charge >= 0.3 is 5.97 Å². The van der Waals surface area contributed by atoms with Crippen LogP contribution in [0.25, 0.3) is 0 Å². The van der Waals surface area contributed by atoms with Crippen molar-refractivity contribution in [3.63, 3.8) is 0 Å². The highest BCUT2D eigenvalue weighted by atomic mass is 32.2. The van der Waals surface area contributed by atoms with Crippen molar-refractivity contribution in [2.75, 3.05) is 6.61 Å². The van der Waals surface area contributed by atoms with Crippen molar-refractivity contribution < 1.29 is 14.3 Å². The van der Waals surface area contributed by atoms with Crippen molar-refractivity contribution in [2.24, 2.45) is 5.92 Å². The molecule has 0 saturated carbocycles. The van der Waals surface area contributed by atoms with Gasteiger partial charge in [0.1, 0.15) is 5.76 Å². The van der Waals surface area contributed by atoms with E-state index in [0.717, 1.165) is 4.90 Å². The Labute approximate surface area is 118 Å². The van der Waals surface area contributed by atoms with Gasteiger partial charge in [0, 0.05) is 10.8 Å². The molecule has 1 aliphatic heterocycles. The van der Waals surface area contributed by atoms with Gasteiger partial charge in [-0.15, -0.1) is 0 Å². The summed E-state index contributed by atoms with van der Waals surface area (Å²) in [6.07, 6.45) is 0. The molecule has 19 heavy (non-hydrogen) atoms. The topological polar surface area (TPSA) is 35.5 Å². The van der Waals surface area contributed by atoms with Gasteiger partial charge in [0.05, 0.1) is 12.2 Å². The molecule has 0 saturated heterocycles. The fourth-order valence-electron chi connectivity index (χ4n) is 2.09. The molecule has 2 rings (SSSR count). The quantitative estimate of drug-likeness (QED) is 0.788. The van der Waals surface area contributed by atoms with E-state index in [1.165, 1.54) is 0 Å². The Hall–Kier alpha value is -1.42. The SMILES string of the molecule is CCOC(=O)C1=C(C)O[C@@H](Sc2ccccc2)[C@H]1C. The van der Waals surface area contributed by atoms with E-state index in [1.54, 1.807) is 11.8 Å². The molecule has 4 heteroatoms. The molecule has 0 spiro atoms. The van der Waals surface area contributed by atoms with Crippen molar-refractivity contribution in [3.8, 4) is 0 Å². The Morgan fingerprint density at radius 3 is 2.68 bits per heavy atom. The molecule has 0 radical (unpaired) electrons. The van der Waals surface area contributed by atoms with Crippen LogP contribution in [0.3, 0.4) is 0 Å². The lowest BCUT2D eigenvalue weighted by molar-refractivity contribution is -0.139. The number of benzene rings is 1. The lowest BCUT2D eigenvalue weighted by Crippen LogP contribution is -2.17. The molecule has 0 N–H and O–H groups in total. The van der Waals surface area contributed by atoms with Gasteiger partial charge in [0.25, 0.3) is 0 Å². The zero-order valence-corrected chi connectivity index (χ0v) is 12.2. The van der Waals surface area contributed by atoms with Crippen molar-refractivity contribution in [2.45, 2.75) is 31.1 Å². The smallest absolute Gasteiger partial charge is 0.337 e. The summed E-state index contributed by atoms with van der Waals surface area (Å²) in [6.45, 7) is 6.03. The number of carbonyl (C=O) groups is 1. The van der Waals surface area contributed by atoms with Crippen LogP contribution in [0.15, 0.2) is 46.6 Å². The zero-order valence-electron chi connectivity index (χ0n) is 11.4. The number of hydrogen-bond donors (Lipinski definition) is 0. The van der Waals surface area contributed by atoms with Crippen LogP contribution >= 0.6 is 11.8 Å². The van der Waals surface area contributed by atoms with Crippen molar-refractivity contribution in [3.05, 3.63) is 41.7 Å². The molecule has 0 aromatic heterocycles. The number of esters is 1. The van der Waals surface area contributed by atoms with Gasteiger partial charge in [-0.1, -0.05) is 36.9 Å². The minimum atomic E-state index is -0.260. The summed E-state index contributed by atoms with van der Waals surface area (Å²) in [5, 5.41) is 0. The first-order valence-corrected chi connectivity index (χ1v) is 7.27. The number of ether oxygens (including phenoxy) is 2. The molecule has 0 bridgehead atoms. The molecule has 0 amide bonds. The second kappa shape index (κ2) is 6.15. The monoisotopic (exact) mass is 278 g/mol. The third-order valence-corrected chi connectivity index (χ3v) is 4.31. The fourth-order valence-corrected chi connectivity index (χ4v) is 3.21. The third kappa shape index (κ3) is 3.13. The number of allylic oxidation sites excluding steroid dienone is 1. The van der Waals surface area contributed by atoms with Gasteiger partial charge in [-0.05, 0) is 26.0 Å². The summed E-state index contributed by atoms with van der Waals surface area (Å²) in [5.74, 6) is 0.451. The molecular weight excluding hydrogens is 260 g/mol. The van der Waals surface area contributed by atoms with Gasteiger partial charge in [-0.3, -0.25) is 0 Å². The predicted octanol–water partition coefficient (Wildman–Crippen LogP) is 3.61. The lowest BCUT2D eigenvalue weighted by Gasteiger charge is -2.16. The van der Waals surface area contributed by atoms with Crippen molar-refractivity contribution >= 4 is 17.7 Å². The van der Waals surface area contributed by atoms with E-state index in [2.05, 4.69) is 0 Å². The molecule has 2 atom stereocenters. The first kappa shape index (κ1) is 14.0. The zero-order chi connectivity index (χ0) is 13.8. The maximum absolute atomic E-state index is 11.9. The minimum absolute atomic E-state index is 0.0317. The highest BCUT2D eigenvalue weighted by Gasteiger charge is 2.36. The average Bonchev–Trinajstić information content (AvgIpc) is 2.66. The maximum atomic E-state index is 11.9. The van der Waals surface area contributed by atoms with E-state index >= 15 is 0 Å². The van der Waals surface area contributed by atoms with Gasteiger partial charge < -0.3 is 9.47 Å². The molecule has 102 valence electrons. The van der Waals surface area contributed by atoms with E-state index in [1.807, 2.05) is 51.1 Å². The van der Waals surface area contributed by atoms with Crippen LogP contribution in [0.4, 0.5) is 0 Å². The van der Waals surface area contributed by atoms with Crippen molar-refractivity contribution in [1.82, 2.24) is 0 Å². The molecule has 1 aromatic carbocycles. The van der Waals surface area contributed by atoms with Crippen LogP contribution in [-0.2, 0) is 14.3 Å². The summed E-state index contributed by atoms with van der Waals surface area (Å²) in [7, 11) is 0. The van der Waals surface area contributed by atoms with Crippen LogP contribution in [0.5, 0.6) is 0 Å². The summed E-state index contributed by atoms with van der Waals surface area (Å²) in [4.78, 5) is 13.0. The standard InChI is InChI=1S/C15H18O3S/c1-4-17-14(16)13-10(2)15(18-11(13)3)19-12-8-6-5-7-9-12/h5-10,15H,4H2,1-3H3/t10-,15-/m0/s1. The number of thioether (sulfide) groups is 1. The summed E-state index contributed by atoms with van der Waals surface area (Å²) >= 11 is 1.63. The molecule has 0 unspecified atom stereocenters. The molecule has 1 aromatic rings. The highest BCUT2D eigenvalue weighted by Crippen LogP contribution is 2.40. The van der Waals surface area contributed by atoms with Crippen LogP contribution in [0.2, 0.25) is 0 Å². The first-order valence-electron chi connectivity index (χ1n) is 6.39. The Bertz CT molecular complexity index is 481. The Morgan fingerprint density at radius 2 is 2.05 bits per heavy atom. The molecule has 1 aliphatic rings. The molecular formula is C15H18O3S. The van der Waals surface area contributed by atoms with Crippen LogP contribution in [-0.4, -0.2) is 18.0 Å².